The van der Waals surface area contributed by atoms with Crippen LogP contribution in [0.15, 0.2) is 6.33 Å². The second-order valence-corrected chi connectivity index (χ2v) is 4.06. The van der Waals surface area contributed by atoms with Gasteiger partial charge in [-0.15, -0.1) is 0 Å². The second-order valence-electron chi connectivity index (χ2n) is 4.06. The Morgan fingerprint density at radius 2 is 2.29 bits per heavy atom. The van der Waals surface area contributed by atoms with Crippen molar-refractivity contribution in [2.45, 2.75) is 32.5 Å². The molecule has 0 radical (unpaired) electrons. The van der Waals surface area contributed by atoms with Crippen molar-refractivity contribution in [3.63, 3.8) is 0 Å². The lowest BCUT2D eigenvalue weighted by molar-refractivity contribution is -0.00516. The molecule has 1 aliphatic heterocycles. The van der Waals surface area contributed by atoms with Gasteiger partial charge in [0.1, 0.15) is 12.2 Å². The molecule has 1 aliphatic rings. The first kappa shape index (κ1) is 9.61. The van der Waals surface area contributed by atoms with E-state index in [2.05, 4.69) is 28.8 Å². The lowest BCUT2D eigenvalue weighted by atomic mass is 10.2. The molecule has 5 heteroatoms. The SMILES string of the molecule is CC(C)n1ncnc1CN1CC(O)C1. The first-order valence-corrected chi connectivity index (χ1v) is 4.95. The molecule has 0 saturated carbocycles. The zero-order valence-electron chi connectivity index (χ0n) is 8.59. The van der Waals surface area contributed by atoms with Gasteiger partial charge in [-0.3, -0.25) is 4.90 Å². The summed E-state index contributed by atoms with van der Waals surface area (Å²) in [6.45, 7) is 6.47. The normalized spacial score (nSPS) is 18.9. The smallest absolute Gasteiger partial charge is 0.141 e. The molecule has 0 aromatic carbocycles. The second kappa shape index (κ2) is 3.67. The van der Waals surface area contributed by atoms with Crippen LogP contribution in [0.3, 0.4) is 0 Å². The van der Waals surface area contributed by atoms with Crippen LogP contribution in [0.2, 0.25) is 0 Å². The van der Waals surface area contributed by atoms with Crippen molar-refractivity contribution in [1.29, 1.82) is 0 Å². The minimum absolute atomic E-state index is 0.148. The van der Waals surface area contributed by atoms with Gasteiger partial charge in [0.2, 0.25) is 0 Å². The maximum atomic E-state index is 9.14. The monoisotopic (exact) mass is 196 g/mol. The molecular weight excluding hydrogens is 180 g/mol. The minimum atomic E-state index is -0.148. The number of nitrogens with zero attached hydrogens (tertiary/aromatic N) is 4. The van der Waals surface area contributed by atoms with E-state index in [1.807, 2.05) is 4.68 Å². The molecule has 2 rings (SSSR count). The third-order valence-electron chi connectivity index (χ3n) is 2.44. The Morgan fingerprint density at radius 1 is 1.57 bits per heavy atom. The Hall–Kier alpha value is -0.940. The average Bonchev–Trinajstić information content (AvgIpc) is 2.49. The zero-order valence-corrected chi connectivity index (χ0v) is 8.59. The molecule has 78 valence electrons. The highest BCUT2D eigenvalue weighted by Gasteiger charge is 2.25. The molecule has 14 heavy (non-hydrogen) atoms. The van der Waals surface area contributed by atoms with Crippen molar-refractivity contribution in [3.8, 4) is 0 Å². The molecule has 1 saturated heterocycles. The summed E-state index contributed by atoms with van der Waals surface area (Å²) >= 11 is 0. The van der Waals surface area contributed by atoms with Crippen molar-refractivity contribution in [2.24, 2.45) is 0 Å². The Balaban J connectivity index is 1.98. The van der Waals surface area contributed by atoms with E-state index >= 15 is 0 Å². The highest BCUT2D eigenvalue weighted by molar-refractivity contribution is 4.90. The third-order valence-corrected chi connectivity index (χ3v) is 2.44. The highest BCUT2D eigenvalue weighted by Crippen LogP contribution is 2.13. The van der Waals surface area contributed by atoms with Crippen LogP contribution in [0, 0.1) is 0 Å². The molecule has 2 heterocycles. The standard InChI is InChI=1S/C9H16N4O/c1-7(2)13-9(10-6-11-13)5-12-3-8(14)4-12/h6-8,14H,3-5H2,1-2H3. The van der Waals surface area contributed by atoms with E-state index in [-0.39, 0.29) is 6.10 Å². The molecule has 0 amide bonds. The van der Waals surface area contributed by atoms with Crippen LogP contribution < -0.4 is 0 Å². The number of hydrogen-bond donors (Lipinski definition) is 1. The van der Waals surface area contributed by atoms with Crippen LogP contribution in [0.25, 0.3) is 0 Å². The number of aromatic nitrogens is 3. The van der Waals surface area contributed by atoms with Crippen LogP contribution in [-0.4, -0.2) is 44.0 Å². The Labute approximate surface area is 83.4 Å². The third kappa shape index (κ3) is 1.78. The van der Waals surface area contributed by atoms with Crippen molar-refractivity contribution < 1.29 is 5.11 Å². The number of hydrogen-bond acceptors (Lipinski definition) is 4. The van der Waals surface area contributed by atoms with Crippen LogP contribution in [0.5, 0.6) is 0 Å². The van der Waals surface area contributed by atoms with E-state index in [0.29, 0.717) is 6.04 Å². The summed E-state index contributed by atoms with van der Waals surface area (Å²) in [5.74, 6) is 0.979. The summed E-state index contributed by atoms with van der Waals surface area (Å²) in [5, 5.41) is 13.3. The lowest BCUT2D eigenvalue weighted by Gasteiger charge is -2.35. The van der Waals surface area contributed by atoms with Crippen molar-refractivity contribution >= 4 is 0 Å². The molecule has 0 aliphatic carbocycles. The number of β-amino-alcohol motifs (C(OH)–C–C–N with tert-alkyl or cyclic N) is 1. The molecule has 1 N–H and O–H groups in total. The molecular formula is C9H16N4O. The summed E-state index contributed by atoms with van der Waals surface area (Å²) in [6.07, 6.45) is 1.44. The van der Waals surface area contributed by atoms with Gasteiger partial charge in [0.05, 0.1) is 12.6 Å². The lowest BCUT2D eigenvalue weighted by Crippen LogP contribution is -2.50. The predicted octanol–water partition coefficient (Wildman–Crippen LogP) is 0.0355. The van der Waals surface area contributed by atoms with Crippen molar-refractivity contribution in [2.75, 3.05) is 13.1 Å². The van der Waals surface area contributed by atoms with Gasteiger partial charge < -0.3 is 5.11 Å². The van der Waals surface area contributed by atoms with Crippen LogP contribution in [-0.2, 0) is 6.54 Å². The van der Waals surface area contributed by atoms with Crippen LogP contribution >= 0.6 is 0 Å². The van der Waals surface area contributed by atoms with Crippen LogP contribution in [0.1, 0.15) is 25.7 Å². The first-order valence-electron chi connectivity index (χ1n) is 4.95. The molecule has 0 bridgehead atoms. The van der Waals surface area contributed by atoms with E-state index < -0.39 is 0 Å². The maximum absolute atomic E-state index is 9.14. The predicted molar refractivity (Wildman–Crippen MR) is 51.7 cm³/mol. The number of aliphatic hydroxyl groups is 1. The fourth-order valence-electron chi connectivity index (χ4n) is 1.69. The van der Waals surface area contributed by atoms with Gasteiger partial charge in [0.25, 0.3) is 0 Å². The van der Waals surface area contributed by atoms with Crippen molar-refractivity contribution in [1.82, 2.24) is 19.7 Å². The van der Waals surface area contributed by atoms with Gasteiger partial charge in [-0.2, -0.15) is 5.10 Å². The molecule has 5 nitrogen and oxygen atoms in total. The van der Waals surface area contributed by atoms with E-state index in [0.717, 1.165) is 25.5 Å². The number of likely N-dealkylation sites (tertiary alicyclic amines) is 1. The van der Waals surface area contributed by atoms with E-state index in [9.17, 15) is 0 Å². The number of rotatable bonds is 3. The van der Waals surface area contributed by atoms with Crippen molar-refractivity contribution in [3.05, 3.63) is 12.2 Å². The van der Waals surface area contributed by atoms with Gasteiger partial charge in [-0.25, -0.2) is 9.67 Å². The largest absolute Gasteiger partial charge is 0.390 e. The Morgan fingerprint density at radius 3 is 2.86 bits per heavy atom. The molecule has 1 aromatic heterocycles. The van der Waals surface area contributed by atoms with E-state index in [4.69, 9.17) is 5.11 Å². The molecule has 1 aromatic rings. The first-order chi connectivity index (χ1) is 6.66. The summed E-state index contributed by atoms with van der Waals surface area (Å²) in [5.41, 5.74) is 0. The van der Waals surface area contributed by atoms with Gasteiger partial charge in [0.15, 0.2) is 0 Å². The van der Waals surface area contributed by atoms with Gasteiger partial charge in [0, 0.05) is 19.1 Å². The topological polar surface area (TPSA) is 54.2 Å². The zero-order chi connectivity index (χ0) is 10.1. The van der Waals surface area contributed by atoms with Crippen LogP contribution in [0.4, 0.5) is 0 Å². The minimum Gasteiger partial charge on any atom is -0.390 e. The van der Waals surface area contributed by atoms with Gasteiger partial charge >= 0.3 is 0 Å². The maximum Gasteiger partial charge on any atom is 0.141 e. The number of aliphatic hydroxyl groups excluding tert-OH is 1. The van der Waals surface area contributed by atoms with Gasteiger partial charge in [-0.05, 0) is 13.8 Å². The fourth-order valence-corrected chi connectivity index (χ4v) is 1.69. The molecule has 0 atom stereocenters. The highest BCUT2D eigenvalue weighted by atomic mass is 16.3. The quantitative estimate of drug-likeness (QED) is 0.741. The molecule has 0 unspecified atom stereocenters. The van der Waals surface area contributed by atoms with E-state index in [1.54, 1.807) is 6.33 Å². The summed E-state index contributed by atoms with van der Waals surface area (Å²) in [7, 11) is 0. The summed E-state index contributed by atoms with van der Waals surface area (Å²) < 4.78 is 1.92. The van der Waals surface area contributed by atoms with E-state index in [1.165, 1.54) is 0 Å². The van der Waals surface area contributed by atoms with Gasteiger partial charge in [-0.1, -0.05) is 0 Å². The molecule has 1 fully saturated rings. The fraction of sp³-hybridized carbons (Fsp3) is 0.778. The Bertz CT molecular complexity index is 304. The molecule has 0 spiro atoms. The Kier molecular flexibility index (Phi) is 2.52. The summed E-state index contributed by atoms with van der Waals surface area (Å²) in [4.78, 5) is 6.37. The average molecular weight is 196 g/mol. The summed E-state index contributed by atoms with van der Waals surface area (Å²) in [6, 6.07) is 0.346.